The zero-order valence-electron chi connectivity index (χ0n) is 17.4. The monoisotopic (exact) mass is 419 g/mol. The van der Waals surface area contributed by atoms with Gasteiger partial charge in [0.05, 0.1) is 26.0 Å². The molecule has 9 heteroatoms. The summed E-state index contributed by atoms with van der Waals surface area (Å²) >= 11 is 0. The lowest BCUT2D eigenvalue weighted by atomic mass is 10.2. The van der Waals surface area contributed by atoms with Crippen molar-refractivity contribution in [3.8, 4) is 6.01 Å². The third-order valence-electron chi connectivity index (χ3n) is 4.69. The second-order valence-electron chi connectivity index (χ2n) is 7.08. The molecule has 3 aromatic rings. The summed E-state index contributed by atoms with van der Waals surface area (Å²) in [4.78, 5) is 19.3. The lowest BCUT2D eigenvalue weighted by Gasteiger charge is -2.28. The minimum atomic E-state index is 0.298. The number of nitrogens with one attached hydrogen (secondary N) is 1. The van der Waals surface area contributed by atoms with Crippen LogP contribution < -0.4 is 15.1 Å². The fourth-order valence-electron chi connectivity index (χ4n) is 3.13. The molecule has 1 aliphatic heterocycles. The molecule has 0 amide bonds. The topological polar surface area (TPSA) is 97.7 Å². The quantitative estimate of drug-likeness (QED) is 0.439. The molecule has 160 valence electrons. The Morgan fingerprint density at radius 2 is 2.10 bits per heavy atom. The van der Waals surface area contributed by atoms with Crippen molar-refractivity contribution >= 4 is 17.9 Å². The fourth-order valence-corrected chi connectivity index (χ4v) is 3.13. The highest BCUT2D eigenvalue weighted by Crippen LogP contribution is 2.20. The predicted molar refractivity (Wildman–Crippen MR) is 119 cm³/mol. The van der Waals surface area contributed by atoms with Crippen LogP contribution in [0.15, 0.2) is 54.0 Å². The smallest absolute Gasteiger partial charge is 0.320 e. The fraction of sp³-hybridized carbons (Fsp3) is 0.318. The van der Waals surface area contributed by atoms with Crippen LogP contribution in [0.25, 0.3) is 0 Å². The number of nitrogens with zero attached hydrogens (tertiary/aromatic N) is 6. The number of morpholine rings is 1. The van der Waals surface area contributed by atoms with Crippen LogP contribution in [0.2, 0.25) is 0 Å². The van der Waals surface area contributed by atoms with E-state index in [0.717, 1.165) is 30.2 Å². The first-order valence-electron chi connectivity index (χ1n) is 10.2. The number of benzene rings is 1. The maximum atomic E-state index is 5.83. The molecule has 0 saturated carbocycles. The van der Waals surface area contributed by atoms with E-state index in [9.17, 15) is 0 Å². The second-order valence-corrected chi connectivity index (χ2v) is 7.08. The molecule has 1 fully saturated rings. The molecular weight excluding hydrogens is 394 g/mol. The molecule has 0 unspecified atom stereocenters. The molecule has 0 bridgehead atoms. The van der Waals surface area contributed by atoms with Gasteiger partial charge in [0.25, 0.3) is 0 Å². The van der Waals surface area contributed by atoms with Crippen molar-refractivity contribution in [3.63, 3.8) is 0 Å². The number of anilines is 2. The van der Waals surface area contributed by atoms with E-state index in [4.69, 9.17) is 9.47 Å². The summed E-state index contributed by atoms with van der Waals surface area (Å²) in [5.41, 5.74) is 6.09. The van der Waals surface area contributed by atoms with Crippen molar-refractivity contribution in [2.45, 2.75) is 13.3 Å². The van der Waals surface area contributed by atoms with E-state index >= 15 is 0 Å². The van der Waals surface area contributed by atoms with Gasteiger partial charge in [-0.2, -0.15) is 15.1 Å². The Balaban J connectivity index is 1.46. The third kappa shape index (κ3) is 6.19. The largest absolute Gasteiger partial charge is 0.463 e. The van der Waals surface area contributed by atoms with Crippen LogP contribution in [-0.2, 0) is 11.2 Å². The molecule has 0 aliphatic carbocycles. The van der Waals surface area contributed by atoms with Gasteiger partial charge >= 0.3 is 6.01 Å². The van der Waals surface area contributed by atoms with E-state index in [1.54, 1.807) is 12.4 Å². The summed E-state index contributed by atoms with van der Waals surface area (Å²) in [5, 5.41) is 4.33. The summed E-state index contributed by atoms with van der Waals surface area (Å²) < 4.78 is 11.3. The maximum Gasteiger partial charge on any atom is 0.320 e. The van der Waals surface area contributed by atoms with Gasteiger partial charge in [-0.3, -0.25) is 5.43 Å². The van der Waals surface area contributed by atoms with Gasteiger partial charge in [0.15, 0.2) is 5.82 Å². The van der Waals surface area contributed by atoms with E-state index in [0.29, 0.717) is 38.1 Å². The number of rotatable bonds is 8. The van der Waals surface area contributed by atoms with E-state index in [2.05, 4.69) is 54.4 Å². The molecule has 1 aliphatic rings. The Hall–Kier alpha value is -3.59. The van der Waals surface area contributed by atoms with Gasteiger partial charge in [-0.05, 0) is 18.6 Å². The highest BCUT2D eigenvalue weighted by atomic mass is 16.5. The Bertz CT molecular complexity index is 1010. The average molecular weight is 419 g/mol. The Labute approximate surface area is 181 Å². The number of hydrazone groups is 1. The van der Waals surface area contributed by atoms with Crippen molar-refractivity contribution in [1.29, 1.82) is 0 Å². The average Bonchev–Trinajstić information content (AvgIpc) is 2.80. The van der Waals surface area contributed by atoms with Crippen molar-refractivity contribution in [3.05, 3.63) is 65.7 Å². The van der Waals surface area contributed by atoms with Gasteiger partial charge in [0.1, 0.15) is 12.1 Å². The standard InChI is InChI=1S/C22H25N7O2/c1-17-3-2-4-18(13-17)15-25-28-20-14-21(29-8-11-30-12-9-29)27-22(26-20)31-10-6-19-5-7-23-16-24-19/h2-5,7,13-16H,6,8-12H2,1H3,(H,26,27,28)/b25-15+. The van der Waals surface area contributed by atoms with E-state index in [-0.39, 0.29) is 0 Å². The summed E-state index contributed by atoms with van der Waals surface area (Å²) in [6.45, 7) is 5.33. The number of ether oxygens (including phenoxy) is 2. The van der Waals surface area contributed by atoms with Crippen molar-refractivity contribution in [2.75, 3.05) is 43.2 Å². The van der Waals surface area contributed by atoms with E-state index in [1.165, 1.54) is 11.9 Å². The first kappa shape index (κ1) is 20.7. The molecule has 0 radical (unpaired) electrons. The zero-order valence-corrected chi connectivity index (χ0v) is 17.4. The van der Waals surface area contributed by atoms with Crippen LogP contribution in [0.1, 0.15) is 16.8 Å². The maximum absolute atomic E-state index is 5.83. The Morgan fingerprint density at radius 1 is 1.19 bits per heavy atom. The Morgan fingerprint density at radius 3 is 2.90 bits per heavy atom. The first-order chi connectivity index (χ1) is 15.3. The first-order valence-corrected chi connectivity index (χ1v) is 10.2. The minimum absolute atomic E-state index is 0.298. The summed E-state index contributed by atoms with van der Waals surface area (Å²) in [6.07, 6.45) is 5.65. The number of hydrogen-bond donors (Lipinski definition) is 1. The molecule has 2 aromatic heterocycles. The van der Waals surface area contributed by atoms with Crippen LogP contribution >= 0.6 is 0 Å². The van der Waals surface area contributed by atoms with Crippen LogP contribution in [-0.4, -0.2) is 59.1 Å². The number of aromatic nitrogens is 4. The summed E-state index contributed by atoms with van der Waals surface area (Å²) in [5.74, 6) is 1.35. The SMILES string of the molecule is Cc1cccc(/C=N/Nc2cc(N3CCOCC3)nc(OCCc3ccncn3)n2)c1. The number of hydrogen-bond acceptors (Lipinski definition) is 9. The zero-order chi connectivity index (χ0) is 21.3. The molecule has 0 spiro atoms. The van der Waals surface area contributed by atoms with Crippen LogP contribution in [0.5, 0.6) is 6.01 Å². The number of aryl methyl sites for hydroxylation is 1. The summed E-state index contributed by atoms with van der Waals surface area (Å²) in [6, 6.07) is 12.1. The molecule has 9 nitrogen and oxygen atoms in total. The van der Waals surface area contributed by atoms with Gasteiger partial charge < -0.3 is 14.4 Å². The third-order valence-corrected chi connectivity index (χ3v) is 4.69. The van der Waals surface area contributed by atoms with Crippen molar-refractivity contribution in [1.82, 2.24) is 19.9 Å². The molecule has 3 heterocycles. The molecular formula is C22H25N7O2. The highest BCUT2D eigenvalue weighted by molar-refractivity contribution is 5.80. The summed E-state index contributed by atoms with van der Waals surface area (Å²) in [7, 11) is 0. The van der Waals surface area contributed by atoms with Gasteiger partial charge in [-0.25, -0.2) is 9.97 Å². The normalized spacial score (nSPS) is 14.0. The molecule has 1 aromatic carbocycles. The van der Waals surface area contributed by atoms with E-state index < -0.39 is 0 Å². The molecule has 1 N–H and O–H groups in total. The van der Waals surface area contributed by atoms with Crippen LogP contribution in [0, 0.1) is 6.92 Å². The highest BCUT2D eigenvalue weighted by Gasteiger charge is 2.15. The lowest BCUT2D eigenvalue weighted by molar-refractivity contribution is 0.122. The van der Waals surface area contributed by atoms with Gasteiger partial charge in [-0.1, -0.05) is 29.8 Å². The van der Waals surface area contributed by atoms with Gasteiger partial charge in [0, 0.05) is 37.5 Å². The molecule has 1 saturated heterocycles. The van der Waals surface area contributed by atoms with Crippen molar-refractivity contribution < 1.29 is 9.47 Å². The second kappa shape index (κ2) is 10.4. The molecule has 0 atom stereocenters. The van der Waals surface area contributed by atoms with Crippen LogP contribution in [0.4, 0.5) is 11.6 Å². The molecule has 4 rings (SSSR count). The Kier molecular flexibility index (Phi) is 6.96. The van der Waals surface area contributed by atoms with E-state index in [1.807, 2.05) is 24.3 Å². The minimum Gasteiger partial charge on any atom is -0.463 e. The van der Waals surface area contributed by atoms with Crippen molar-refractivity contribution in [2.24, 2.45) is 5.10 Å². The van der Waals surface area contributed by atoms with Crippen LogP contribution in [0.3, 0.4) is 0 Å². The van der Waals surface area contributed by atoms with Gasteiger partial charge in [0.2, 0.25) is 0 Å². The van der Waals surface area contributed by atoms with Gasteiger partial charge in [-0.15, -0.1) is 0 Å². The predicted octanol–water partition coefficient (Wildman–Crippen LogP) is 2.48. The lowest BCUT2D eigenvalue weighted by Crippen LogP contribution is -2.36. The molecule has 31 heavy (non-hydrogen) atoms.